The topological polar surface area (TPSA) is 25.2 Å². The van der Waals surface area contributed by atoms with Gasteiger partial charge in [0.2, 0.25) is 0 Å². The second-order valence-electron chi connectivity index (χ2n) is 3.68. The lowest BCUT2D eigenvalue weighted by Crippen LogP contribution is -2.18. The van der Waals surface area contributed by atoms with Crippen molar-refractivity contribution in [3.63, 3.8) is 0 Å². The molecule has 0 saturated heterocycles. The predicted octanol–water partition coefficient (Wildman–Crippen LogP) is 3.92. The molecule has 86 valence electrons. The van der Waals surface area contributed by atoms with Crippen molar-refractivity contribution in [2.75, 3.05) is 7.05 Å². The van der Waals surface area contributed by atoms with E-state index in [1.807, 2.05) is 20.0 Å². The highest BCUT2D eigenvalue weighted by Gasteiger charge is 2.15. The Hall–Kier alpha value is -0.580. The molecule has 1 atom stereocenters. The number of aryl methyl sites for hydroxylation is 1. The Labute approximate surface area is 108 Å². The lowest BCUT2D eigenvalue weighted by molar-refractivity contribution is 0.513. The summed E-state index contributed by atoms with van der Waals surface area (Å²) >= 11 is 5.27. The van der Waals surface area contributed by atoms with Crippen molar-refractivity contribution in [2.45, 2.75) is 19.4 Å². The first-order valence-corrected chi connectivity index (χ1v) is 6.77. The molecule has 1 unspecified atom stereocenters. The molecule has 0 spiro atoms. The standard InChI is InChI=1S/C12H14BrNOS/c1-8-10(5-6-15-8)11(14-2)7-9-3-4-12(13)16-9/h3-6,11,14H,7H2,1-2H3. The van der Waals surface area contributed by atoms with Gasteiger partial charge in [-0.1, -0.05) is 0 Å². The maximum atomic E-state index is 5.34. The Morgan fingerprint density at radius 3 is 2.75 bits per heavy atom. The first-order chi connectivity index (χ1) is 7.70. The molecule has 0 aliphatic heterocycles. The van der Waals surface area contributed by atoms with E-state index in [4.69, 9.17) is 4.42 Å². The molecule has 0 aliphatic carbocycles. The molecular weight excluding hydrogens is 286 g/mol. The van der Waals surface area contributed by atoms with Crippen molar-refractivity contribution in [2.24, 2.45) is 0 Å². The summed E-state index contributed by atoms with van der Waals surface area (Å²) in [5.41, 5.74) is 1.24. The van der Waals surface area contributed by atoms with Crippen molar-refractivity contribution < 1.29 is 4.42 Å². The zero-order valence-corrected chi connectivity index (χ0v) is 11.7. The number of rotatable bonds is 4. The fourth-order valence-electron chi connectivity index (χ4n) is 1.79. The van der Waals surface area contributed by atoms with Crippen LogP contribution in [0.2, 0.25) is 0 Å². The Bertz CT molecular complexity index is 463. The first-order valence-electron chi connectivity index (χ1n) is 5.16. The first kappa shape index (κ1) is 11.9. The summed E-state index contributed by atoms with van der Waals surface area (Å²) in [7, 11) is 1.99. The number of halogens is 1. The van der Waals surface area contributed by atoms with E-state index in [2.05, 4.69) is 33.4 Å². The van der Waals surface area contributed by atoms with Crippen LogP contribution in [0.5, 0.6) is 0 Å². The molecule has 2 nitrogen and oxygen atoms in total. The van der Waals surface area contributed by atoms with E-state index >= 15 is 0 Å². The van der Waals surface area contributed by atoms with Crippen LogP contribution in [-0.4, -0.2) is 7.05 Å². The van der Waals surface area contributed by atoms with E-state index in [-0.39, 0.29) is 0 Å². The van der Waals surface area contributed by atoms with Crippen LogP contribution >= 0.6 is 27.3 Å². The smallest absolute Gasteiger partial charge is 0.105 e. The van der Waals surface area contributed by atoms with Gasteiger partial charge in [0, 0.05) is 22.9 Å². The molecule has 2 aromatic rings. The number of nitrogens with one attached hydrogen (secondary N) is 1. The van der Waals surface area contributed by atoms with Gasteiger partial charge in [-0.15, -0.1) is 11.3 Å². The van der Waals surface area contributed by atoms with Crippen LogP contribution in [0.4, 0.5) is 0 Å². The predicted molar refractivity (Wildman–Crippen MR) is 71.0 cm³/mol. The zero-order chi connectivity index (χ0) is 11.5. The lowest BCUT2D eigenvalue weighted by Gasteiger charge is -2.14. The monoisotopic (exact) mass is 299 g/mol. The third-order valence-corrected chi connectivity index (χ3v) is 4.30. The summed E-state index contributed by atoms with van der Waals surface area (Å²) in [6.07, 6.45) is 2.74. The number of likely N-dealkylation sites (N-methyl/N-ethyl adjacent to an activating group) is 1. The summed E-state index contributed by atoms with van der Waals surface area (Å²) < 4.78 is 6.53. The highest BCUT2D eigenvalue weighted by Crippen LogP contribution is 2.28. The Morgan fingerprint density at radius 1 is 1.44 bits per heavy atom. The Balaban J connectivity index is 2.15. The summed E-state index contributed by atoms with van der Waals surface area (Å²) in [6, 6.07) is 6.62. The van der Waals surface area contributed by atoms with Gasteiger partial charge >= 0.3 is 0 Å². The number of hydrogen-bond acceptors (Lipinski definition) is 3. The molecule has 4 heteroatoms. The van der Waals surface area contributed by atoms with E-state index in [9.17, 15) is 0 Å². The Morgan fingerprint density at radius 2 is 2.25 bits per heavy atom. The van der Waals surface area contributed by atoms with Crippen molar-refractivity contribution in [3.05, 3.63) is 44.4 Å². The molecule has 0 amide bonds. The molecule has 2 rings (SSSR count). The third-order valence-electron chi connectivity index (χ3n) is 2.66. The fraction of sp³-hybridized carbons (Fsp3) is 0.333. The normalized spacial score (nSPS) is 12.9. The van der Waals surface area contributed by atoms with Gasteiger partial charge in [0.1, 0.15) is 5.76 Å². The van der Waals surface area contributed by atoms with Gasteiger partial charge < -0.3 is 9.73 Å². The minimum Gasteiger partial charge on any atom is -0.469 e. The van der Waals surface area contributed by atoms with Gasteiger partial charge in [0.25, 0.3) is 0 Å². The molecule has 0 aromatic carbocycles. The lowest BCUT2D eigenvalue weighted by atomic mass is 10.0. The van der Waals surface area contributed by atoms with Crippen LogP contribution in [0.3, 0.4) is 0 Å². The minimum atomic E-state index is 0.323. The molecule has 1 N–H and O–H groups in total. The van der Waals surface area contributed by atoms with Crippen molar-refractivity contribution in [3.8, 4) is 0 Å². The van der Waals surface area contributed by atoms with Gasteiger partial charge in [-0.2, -0.15) is 0 Å². The third kappa shape index (κ3) is 2.56. The highest BCUT2D eigenvalue weighted by atomic mass is 79.9. The van der Waals surface area contributed by atoms with E-state index in [0.29, 0.717) is 6.04 Å². The molecule has 0 saturated carbocycles. The summed E-state index contributed by atoms with van der Waals surface area (Å²) in [5.74, 6) is 0.995. The summed E-state index contributed by atoms with van der Waals surface area (Å²) in [4.78, 5) is 1.37. The van der Waals surface area contributed by atoms with E-state index in [1.54, 1.807) is 17.6 Å². The van der Waals surface area contributed by atoms with Crippen LogP contribution in [-0.2, 0) is 6.42 Å². The van der Waals surface area contributed by atoms with Crippen molar-refractivity contribution >= 4 is 27.3 Å². The van der Waals surface area contributed by atoms with E-state index in [1.165, 1.54) is 14.2 Å². The molecule has 0 radical (unpaired) electrons. The average molecular weight is 300 g/mol. The van der Waals surface area contributed by atoms with Gasteiger partial charge in [0.05, 0.1) is 10.0 Å². The fourth-order valence-corrected chi connectivity index (χ4v) is 3.32. The number of furan rings is 1. The maximum absolute atomic E-state index is 5.34. The van der Waals surface area contributed by atoms with Crippen LogP contribution in [0.1, 0.15) is 22.2 Å². The summed E-state index contributed by atoms with van der Waals surface area (Å²) in [5, 5.41) is 3.33. The molecule has 2 aromatic heterocycles. The minimum absolute atomic E-state index is 0.323. The van der Waals surface area contributed by atoms with Crippen molar-refractivity contribution in [1.82, 2.24) is 5.32 Å². The highest BCUT2D eigenvalue weighted by molar-refractivity contribution is 9.11. The second kappa shape index (κ2) is 5.17. The molecule has 16 heavy (non-hydrogen) atoms. The molecule has 2 heterocycles. The summed E-state index contributed by atoms with van der Waals surface area (Å²) in [6.45, 7) is 2.00. The Kier molecular flexibility index (Phi) is 3.84. The van der Waals surface area contributed by atoms with Gasteiger partial charge in [-0.05, 0) is 48.1 Å². The van der Waals surface area contributed by atoms with Crippen LogP contribution < -0.4 is 5.32 Å². The SMILES string of the molecule is CNC(Cc1ccc(Br)s1)c1ccoc1C. The molecule has 0 bridgehead atoms. The molecule has 0 aliphatic rings. The van der Waals surface area contributed by atoms with E-state index in [0.717, 1.165) is 12.2 Å². The van der Waals surface area contributed by atoms with Crippen LogP contribution in [0.15, 0.2) is 32.7 Å². The largest absolute Gasteiger partial charge is 0.469 e. The average Bonchev–Trinajstić information content (AvgIpc) is 2.84. The molecular formula is C12H14BrNOS. The van der Waals surface area contributed by atoms with Gasteiger partial charge in [0.15, 0.2) is 0 Å². The quantitative estimate of drug-likeness (QED) is 0.926. The van der Waals surface area contributed by atoms with Gasteiger partial charge in [-0.25, -0.2) is 0 Å². The van der Waals surface area contributed by atoms with Crippen LogP contribution in [0.25, 0.3) is 0 Å². The second-order valence-corrected chi connectivity index (χ2v) is 6.23. The van der Waals surface area contributed by atoms with Crippen molar-refractivity contribution in [1.29, 1.82) is 0 Å². The number of thiophene rings is 1. The zero-order valence-electron chi connectivity index (χ0n) is 9.29. The number of hydrogen-bond donors (Lipinski definition) is 1. The maximum Gasteiger partial charge on any atom is 0.105 e. The van der Waals surface area contributed by atoms with E-state index < -0.39 is 0 Å². The van der Waals surface area contributed by atoms with Gasteiger partial charge in [-0.3, -0.25) is 0 Å². The molecule has 0 fully saturated rings. The van der Waals surface area contributed by atoms with Crippen LogP contribution in [0, 0.1) is 6.92 Å².